The summed E-state index contributed by atoms with van der Waals surface area (Å²) in [5, 5.41) is 0. The number of hydrogen-bond donors (Lipinski definition) is 0. The zero-order valence-corrected chi connectivity index (χ0v) is 14.5. The normalized spacial score (nSPS) is 11.5. The molecule has 5 rings (SSSR count). The van der Waals surface area contributed by atoms with Crippen LogP contribution in [0.25, 0.3) is 45.1 Å². The lowest BCUT2D eigenvalue weighted by Gasteiger charge is -2.09. The van der Waals surface area contributed by atoms with Crippen LogP contribution in [-0.4, -0.2) is 9.97 Å². The molecular weight excluding hydrogens is 324 g/mol. The summed E-state index contributed by atoms with van der Waals surface area (Å²) >= 11 is 0. The van der Waals surface area contributed by atoms with E-state index in [1.54, 1.807) is 0 Å². The van der Waals surface area contributed by atoms with E-state index in [1.165, 1.54) is 5.56 Å². The van der Waals surface area contributed by atoms with E-state index in [2.05, 4.69) is 29.9 Å². The predicted molar refractivity (Wildman–Crippen MR) is 102 cm³/mol. The second kappa shape index (κ2) is 5.56. The van der Waals surface area contributed by atoms with Gasteiger partial charge in [-0.05, 0) is 55.3 Å². The molecular formula is C22H16N2O2. The topological polar surface area (TPSA) is 52.1 Å². The standard InChI is InChI=1S/C22H16N2O2/c1-13-11-12-15(21-23-16-7-3-5-9-18(16)25-21)20(14(13)2)22-24-17-8-4-6-10-19(17)26-22/h3-12H,1-2H3. The SMILES string of the molecule is Cc1ccc(-c2nc3ccccc3o2)c(-c2nc3ccccc3o2)c1C. The third kappa shape index (κ3) is 2.23. The van der Waals surface area contributed by atoms with E-state index in [4.69, 9.17) is 8.83 Å². The Hall–Kier alpha value is -3.40. The molecule has 0 radical (unpaired) electrons. The Labute approximate surface area is 150 Å². The Morgan fingerprint density at radius 3 is 1.88 bits per heavy atom. The molecule has 0 saturated heterocycles. The van der Waals surface area contributed by atoms with Crippen molar-refractivity contribution in [2.75, 3.05) is 0 Å². The maximum Gasteiger partial charge on any atom is 0.228 e. The van der Waals surface area contributed by atoms with Crippen LogP contribution in [0, 0.1) is 13.8 Å². The monoisotopic (exact) mass is 340 g/mol. The van der Waals surface area contributed by atoms with Gasteiger partial charge in [0.05, 0.1) is 11.1 Å². The summed E-state index contributed by atoms with van der Waals surface area (Å²) in [7, 11) is 0. The van der Waals surface area contributed by atoms with Crippen molar-refractivity contribution in [3.63, 3.8) is 0 Å². The number of fused-ring (bicyclic) bond motifs is 2. The van der Waals surface area contributed by atoms with Crippen molar-refractivity contribution in [2.45, 2.75) is 13.8 Å². The highest BCUT2D eigenvalue weighted by atomic mass is 16.4. The largest absolute Gasteiger partial charge is 0.436 e. The zero-order chi connectivity index (χ0) is 17.7. The Bertz CT molecular complexity index is 1200. The molecule has 0 unspecified atom stereocenters. The number of nitrogens with zero attached hydrogens (tertiary/aromatic N) is 2. The van der Waals surface area contributed by atoms with Gasteiger partial charge in [0, 0.05) is 0 Å². The fourth-order valence-corrected chi connectivity index (χ4v) is 3.24. The van der Waals surface area contributed by atoms with Gasteiger partial charge in [-0.25, -0.2) is 9.97 Å². The van der Waals surface area contributed by atoms with Crippen molar-refractivity contribution >= 4 is 22.2 Å². The van der Waals surface area contributed by atoms with Gasteiger partial charge >= 0.3 is 0 Å². The molecule has 126 valence electrons. The second-order valence-electron chi connectivity index (χ2n) is 6.40. The van der Waals surface area contributed by atoms with Crippen LogP contribution >= 0.6 is 0 Å². The Kier molecular flexibility index (Phi) is 3.19. The van der Waals surface area contributed by atoms with E-state index in [1.807, 2.05) is 54.6 Å². The molecule has 0 fully saturated rings. The van der Waals surface area contributed by atoms with Crippen LogP contribution in [0.4, 0.5) is 0 Å². The molecule has 0 bridgehead atoms. The van der Waals surface area contributed by atoms with E-state index >= 15 is 0 Å². The van der Waals surface area contributed by atoms with Crippen molar-refractivity contribution < 1.29 is 8.83 Å². The summed E-state index contributed by atoms with van der Waals surface area (Å²) < 4.78 is 12.1. The van der Waals surface area contributed by atoms with Gasteiger partial charge in [-0.3, -0.25) is 0 Å². The van der Waals surface area contributed by atoms with Gasteiger partial charge in [-0.2, -0.15) is 0 Å². The Morgan fingerprint density at radius 2 is 1.23 bits per heavy atom. The first-order chi connectivity index (χ1) is 12.7. The van der Waals surface area contributed by atoms with Gasteiger partial charge in [0.25, 0.3) is 0 Å². The summed E-state index contributed by atoms with van der Waals surface area (Å²) in [6.07, 6.45) is 0. The molecule has 0 atom stereocenters. The van der Waals surface area contributed by atoms with E-state index < -0.39 is 0 Å². The number of rotatable bonds is 2. The third-order valence-corrected chi connectivity index (χ3v) is 4.77. The molecule has 0 aliphatic heterocycles. The molecule has 26 heavy (non-hydrogen) atoms. The second-order valence-corrected chi connectivity index (χ2v) is 6.40. The van der Waals surface area contributed by atoms with Gasteiger partial charge in [0.2, 0.25) is 11.8 Å². The molecule has 0 N–H and O–H groups in total. The van der Waals surface area contributed by atoms with Crippen LogP contribution in [0.15, 0.2) is 69.5 Å². The Balaban J connectivity index is 1.79. The number of hydrogen-bond acceptors (Lipinski definition) is 4. The summed E-state index contributed by atoms with van der Waals surface area (Å²) in [5.74, 6) is 1.16. The van der Waals surface area contributed by atoms with Gasteiger partial charge in [0.1, 0.15) is 11.0 Å². The first-order valence-electron chi connectivity index (χ1n) is 8.53. The van der Waals surface area contributed by atoms with E-state index in [0.717, 1.165) is 38.9 Å². The summed E-state index contributed by atoms with van der Waals surface area (Å²) in [4.78, 5) is 9.35. The fourth-order valence-electron chi connectivity index (χ4n) is 3.24. The van der Waals surface area contributed by atoms with E-state index in [-0.39, 0.29) is 0 Å². The smallest absolute Gasteiger partial charge is 0.228 e. The van der Waals surface area contributed by atoms with Crippen molar-refractivity contribution in [2.24, 2.45) is 0 Å². The van der Waals surface area contributed by atoms with Gasteiger partial charge in [0.15, 0.2) is 11.2 Å². The predicted octanol–water partition coefficient (Wildman–Crippen LogP) is 5.92. The molecule has 0 spiro atoms. The quantitative estimate of drug-likeness (QED) is 0.400. The molecule has 4 heteroatoms. The maximum absolute atomic E-state index is 6.05. The van der Waals surface area contributed by atoms with Crippen molar-refractivity contribution in [3.8, 4) is 22.9 Å². The first kappa shape index (κ1) is 14.9. The fraction of sp³-hybridized carbons (Fsp3) is 0.0909. The summed E-state index contributed by atoms with van der Waals surface area (Å²) in [6, 6.07) is 19.7. The van der Waals surface area contributed by atoms with Crippen LogP contribution in [0.3, 0.4) is 0 Å². The minimum absolute atomic E-state index is 0.576. The maximum atomic E-state index is 6.05. The van der Waals surface area contributed by atoms with Gasteiger partial charge in [-0.1, -0.05) is 30.3 Å². The Morgan fingerprint density at radius 1 is 0.654 bits per heavy atom. The first-order valence-corrected chi connectivity index (χ1v) is 8.53. The molecule has 3 aromatic carbocycles. The minimum atomic E-state index is 0.576. The third-order valence-electron chi connectivity index (χ3n) is 4.77. The van der Waals surface area contributed by atoms with Gasteiger partial charge < -0.3 is 8.83 Å². The molecule has 0 saturated carbocycles. The highest BCUT2D eigenvalue weighted by Gasteiger charge is 2.20. The van der Waals surface area contributed by atoms with E-state index in [9.17, 15) is 0 Å². The number of benzene rings is 3. The molecule has 2 aromatic heterocycles. The van der Waals surface area contributed by atoms with Crippen LogP contribution in [0.5, 0.6) is 0 Å². The zero-order valence-electron chi connectivity index (χ0n) is 14.5. The summed E-state index contributed by atoms with van der Waals surface area (Å²) in [5.41, 5.74) is 7.30. The summed E-state index contributed by atoms with van der Waals surface area (Å²) in [6.45, 7) is 4.16. The number of para-hydroxylation sites is 4. The number of oxazole rings is 2. The van der Waals surface area contributed by atoms with Crippen molar-refractivity contribution in [1.82, 2.24) is 9.97 Å². The lowest BCUT2D eigenvalue weighted by atomic mass is 9.97. The molecule has 0 aliphatic carbocycles. The van der Waals surface area contributed by atoms with Crippen LogP contribution in [0.1, 0.15) is 11.1 Å². The average Bonchev–Trinajstić information content (AvgIpc) is 3.27. The molecule has 5 aromatic rings. The lowest BCUT2D eigenvalue weighted by Crippen LogP contribution is -1.92. The van der Waals surface area contributed by atoms with Crippen LogP contribution in [-0.2, 0) is 0 Å². The van der Waals surface area contributed by atoms with E-state index in [0.29, 0.717) is 11.8 Å². The average molecular weight is 340 g/mol. The molecule has 0 aliphatic rings. The molecule has 4 nitrogen and oxygen atoms in total. The van der Waals surface area contributed by atoms with Crippen molar-refractivity contribution in [3.05, 3.63) is 71.8 Å². The van der Waals surface area contributed by atoms with Crippen molar-refractivity contribution in [1.29, 1.82) is 0 Å². The van der Waals surface area contributed by atoms with Crippen LogP contribution in [0.2, 0.25) is 0 Å². The van der Waals surface area contributed by atoms with Crippen LogP contribution < -0.4 is 0 Å². The molecule has 0 amide bonds. The number of aromatic nitrogens is 2. The molecule has 2 heterocycles. The lowest BCUT2D eigenvalue weighted by molar-refractivity contribution is 0.611. The van der Waals surface area contributed by atoms with Gasteiger partial charge in [-0.15, -0.1) is 0 Å². The number of aryl methyl sites for hydroxylation is 1. The highest BCUT2D eigenvalue weighted by molar-refractivity contribution is 5.86. The highest BCUT2D eigenvalue weighted by Crippen LogP contribution is 2.37. The minimum Gasteiger partial charge on any atom is -0.436 e.